The molecule has 0 spiro atoms. The first-order chi connectivity index (χ1) is 13.3. The Balaban J connectivity index is 1.63. The third-order valence-electron chi connectivity index (χ3n) is 3.38. The van der Waals surface area contributed by atoms with Crippen molar-refractivity contribution in [3.63, 3.8) is 0 Å². The second-order valence-electron chi connectivity index (χ2n) is 5.40. The van der Waals surface area contributed by atoms with Gasteiger partial charge in [0.05, 0.1) is 9.82 Å². The second kappa shape index (κ2) is 7.79. The predicted molar refractivity (Wildman–Crippen MR) is 96.8 cm³/mol. The summed E-state index contributed by atoms with van der Waals surface area (Å²) in [4.78, 5) is 29.5. The maximum Gasteiger partial charge on any atom is 0.307 e. The van der Waals surface area contributed by atoms with Crippen LogP contribution in [0.2, 0.25) is 0 Å². The lowest BCUT2D eigenvalue weighted by molar-refractivity contribution is -0.385. The van der Waals surface area contributed by atoms with E-state index in [2.05, 4.69) is 25.1 Å². The monoisotopic (exact) mass is 403 g/mol. The van der Waals surface area contributed by atoms with Crippen molar-refractivity contribution >= 4 is 33.3 Å². The van der Waals surface area contributed by atoms with E-state index in [0.717, 1.165) is 17.1 Å². The molecule has 2 N–H and O–H groups in total. The molecule has 0 radical (unpaired) electrons. The number of anilines is 2. The molecular weight excluding hydrogens is 390 g/mol. The zero-order valence-electron chi connectivity index (χ0n) is 14.1. The Morgan fingerprint density at radius 2 is 1.86 bits per heavy atom. The zero-order chi connectivity index (χ0) is 20.1. The smallest absolute Gasteiger partial charge is 0.307 e. The topological polar surface area (TPSA) is 162 Å². The number of amides is 1. The number of rotatable bonds is 7. The van der Waals surface area contributed by atoms with Crippen LogP contribution in [-0.4, -0.2) is 39.0 Å². The van der Waals surface area contributed by atoms with Crippen molar-refractivity contribution in [3.05, 3.63) is 65.2 Å². The third kappa shape index (κ3) is 4.64. The molecule has 2 aromatic heterocycles. The van der Waals surface area contributed by atoms with Crippen LogP contribution in [0.5, 0.6) is 0 Å². The largest absolute Gasteiger partial charge is 0.324 e. The molecule has 0 unspecified atom stereocenters. The van der Waals surface area contributed by atoms with Gasteiger partial charge >= 0.3 is 5.69 Å². The van der Waals surface area contributed by atoms with Gasteiger partial charge in [-0.05, 0) is 30.3 Å². The van der Waals surface area contributed by atoms with Crippen molar-refractivity contribution in [2.75, 3.05) is 10.0 Å². The molecule has 0 aliphatic carbocycles. The molecule has 13 heteroatoms. The number of nitrogens with zero attached hydrogens (tertiary/aromatic N) is 5. The Morgan fingerprint density at radius 1 is 1.18 bits per heavy atom. The van der Waals surface area contributed by atoms with E-state index in [9.17, 15) is 23.3 Å². The molecule has 0 aliphatic rings. The summed E-state index contributed by atoms with van der Waals surface area (Å²) in [6.45, 7) is -0.235. The Kier molecular flexibility index (Phi) is 5.26. The lowest BCUT2D eigenvalue weighted by Crippen LogP contribution is -2.19. The van der Waals surface area contributed by atoms with Crippen molar-refractivity contribution in [2.24, 2.45) is 0 Å². The van der Waals surface area contributed by atoms with E-state index in [1.165, 1.54) is 36.7 Å². The summed E-state index contributed by atoms with van der Waals surface area (Å²) >= 11 is 0. The standard InChI is InChI=1S/C15H13N7O5S/c23-14(10-21-9-12(8-18-21)22(24)25)19-11-2-4-13(5-3-11)28(26,27)20-15-16-6-1-7-17-15/h1-9H,10H2,(H,19,23)(H,16,17,20). The van der Waals surface area contributed by atoms with Crippen LogP contribution in [0.3, 0.4) is 0 Å². The quantitative estimate of drug-likeness (QED) is 0.436. The van der Waals surface area contributed by atoms with Crippen LogP contribution in [-0.2, 0) is 21.4 Å². The van der Waals surface area contributed by atoms with Gasteiger partial charge in [0.2, 0.25) is 11.9 Å². The number of nitro groups is 1. The van der Waals surface area contributed by atoms with Crippen LogP contribution in [0.15, 0.2) is 60.0 Å². The highest BCUT2D eigenvalue weighted by molar-refractivity contribution is 7.92. The summed E-state index contributed by atoms with van der Waals surface area (Å²) < 4.78 is 27.9. The molecular formula is C15H13N7O5S. The van der Waals surface area contributed by atoms with Gasteiger partial charge in [0.15, 0.2) is 0 Å². The molecule has 3 aromatic rings. The van der Waals surface area contributed by atoms with Crippen molar-refractivity contribution in [2.45, 2.75) is 11.4 Å². The average molecular weight is 403 g/mol. The first-order valence-electron chi connectivity index (χ1n) is 7.70. The van der Waals surface area contributed by atoms with Crippen LogP contribution in [0.1, 0.15) is 0 Å². The van der Waals surface area contributed by atoms with Gasteiger partial charge in [0.25, 0.3) is 10.0 Å². The molecule has 12 nitrogen and oxygen atoms in total. The van der Waals surface area contributed by atoms with Crippen molar-refractivity contribution in [1.82, 2.24) is 19.7 Å². The molecule has 144 valence electrons. The molecule has 0 saturated heterocycles. The highest BCUT2D eigenvalue weighted by atomic mass is 32.2. The molecule has 28 heavy (non-hydrogen) atoms. The van der Waals surface area contributed by atoms with Crippen LogP contribution < -0.4 is 10.0 Å². The van der Waals surface area contributed by atoms with Crippen molar-refractivity contribution in [1.29, 1.82) is 0 Å². The molecule has 0 aliphatic heterocycles. The van der Waals surface area contributed by atoms with E-state index in [4.69, 9.17) is 0 Å². The Morgan fingerprint density at radius 3 is 2.46 bits per heavy atom. The summed E-state index contributed by atoms with van der Waals surface area (Å²) in [5.74, 6) is -0.544. The van der Waals surface area contributed by atoms with Gasteiger partial charge < -0.3 is 5.32 Å². The SMILES string of the molecule is O=C(Cn1cc([N+](=O)[O-])cn1)Nc1ccc(S(=O)(=O)Nc2ncccn2)cc1. The number of carbonyl (C=O) groups excluding carboxylic acids is 1. The molecule has 1 amide bonds. The molecule has 3 rings (SSSR count). The first-order valence-corrected chi connectivity index (χ1v) is 9.18. The van der Waals surface area contributed by atoms with E-state index in [1.807, 2.05) is 0 Å². The fourth-order valence-corrected chi connectivity index (χ4v) is 3.09. The van der Waals surface area contributed by atoms with Crippen LogP contribution >= 0.6 is 0 Å². The highest BCUT2D eigenvalue weighted by Crippen LogP contribution is 2.16. The number of nitrogens with one attached hydrogen (secondary N) is 2. The first kappa shape index (κ1) is 18.9. The van der Waals surface area contributed by atoms with Crippen LogP contribution in [0.4, 0.5) is 17.3 Å². The molecule has 0 atom stereocenters. The number of hydrogen-bond donors (Lipinski definition) is 2. The van der Waals surface area contributed by atoms with Gasteiger partial charge in [-0.2, -0.15) is 5.10 Å². The summed E-state index contributed by atoms with van der Waals surface area (Å²) in [7, 11) is -3.88. The Labute approximate surface area is 158 Å². The number of carbonyl (C=O) groups is 1. The summed E-state index contributed by atoms with van der Waals surface area (Å²) in [5, 5.41) is 16.9. The fourth-order valence-electron chi connectivity index (χ4n) is 2.13. The Bertz CT molecular complexity index is 1100. The number of benzene rings is 1. The normalized spacial score (nSPS) is 11.0. The van der Waals surface area contributed by atoms with E-state index >= 15 is 0 Å². The van der Waals surface area contributed by atoms with Crippen LogP contribution in [0.25, 0.3) is 0 Å². The van der Waals surface area contributed by atoms with Crippen molar-refractivity contribution < 1.29 is 18.1 Å². The highest BCUT2D eigenvalue weighted by Gasteiger charge is 2.16. The predicted octanol–water partition coefficient (Wildman–Crippen LogP) is 1.02. The molecule has 0 fully saturated rings. The number of sulfonamides is 1. The maximum absolute atomic E-state index is 12.3. The van der Waals surface area contributed by atoms with Crippen LogP contribution in [0, 0.1) is 10.1 Å². The minimum atomic E-state index is -3.88. The minimum Gasteiger partial charge on any atom is -0.324 e. The molecule has 0 bridgehead atoms. The number of hydrogen-bond acceptors (Lipinski definition) is 8. The fraction of sp³-hybridized carbons (Fsp3) is 0.0667. The van der Waals surface area contributed by atoms with E-state index in [-0.39, 0.29) is 23.1 Å². The van der Waals surface area contributed by atoms with Gasteiger partial charge in [0, 0.05) is 18.1 Å². The van der Waals surface area contributed by atoms with Gasteiger partial charge in [-0.25, -0.2) is 23.1 Å². The second-order valence-corrected chi connectivity index (χ2v) is 7.09. The molecule has 1 aromatic carbocycles. The maximum atomic E-state index is 12.3. The third-order valence-corrected chi connectivity index (χ3v) is 4.72. The summed E-state index contributed by atoms with van der Waals surface area (Å²) in [6, 6.07) is 6.98. The summed E-state index contributed by atoms with van der Waals surface area (Å²) in [6.07, 6.45) is 4.97. The molecule has 0 saturated carbocycles. The van der Waals surface area contributed by atoms with E-state index in [0.29, 0.717) is 5.69 Å². The lowest BCUT2D eigenvalue weighted by atomic mass is 10.3. The van der Waals surface area contributed by atoms with Gasteiger partial charge in [-0.15, -0.1) is 0 Å². The van der Waals surface area contributed by atoms with E-state index in [1.54, 1.807) is 6.07 Å². The van der Waals surface area contributed by atoms with Crippen molar-refractivity contribution in [3.8, 4) is 0 Å². The molecule has 2 heterocycles. The van der Waals surface area contributed by atoms with Gasteiger partial charge in [0.1, 0.15) is 18.9 Å². The Hall–Kier alpha value is -3.87. The number of aromatic nitrogens is 4. The average Bonchev–Trinajstić information content (AvgIpc) is 3.11. The van der Waals surface area contributed by atoms with Gasteiger partial charge in [-0.1, -0.05) is 0 Å². The zero-order valence-corrected chi connectivity index (χ0v) is 14.9. The van der Waals surface area contributed by atoms with Gasteiger partial charge in [-0.3, -0.25) is 19.6 Å². The van der Waals surface area contributed by atoms with E-state index < -0.39 is 20.9 Å². The minimum absolute atomic E-state index is 0.0411. The summed E-state index contributed by atoms with van der Waals surface area (Å²) in [5.41, 5.74) is 0.124. The lowest BCUT2D eigenvalue weighted by Gasteiger charge is -2.08.